The Morgan fingerprint density at radius 1 is 1.10 bits per heavy atom. The molecular weight excluding hydrogens is 507 g/mol. The highest BCUT2D eigenvalue weighted by atomic mass is 79.9. The first-order chi connectivity index (χ1) is 14.0. The highest BCUT2D eigenvalue weighted by Gasteiger charge is 2.30. The zero-order chi connectivity index (χ0) is 20.4. The van der Waals surface area contributed by atoms with Crippen molar-refractivity contribution in [3.63, 3.8) is 0 Å². The molecule has 0 saturated carbocycles. The van der Waals surface area contributed by atoms with Gasteiger partial charge in [-0.2, -0.15) is 0 Å². The largest absolute Gasteiger partial charge is 0.485 e. The van der Waals surface area contributed by atoms with Crippen molar-refractivity contribution in [2.24, 2.45) is 0 Å². The average Bonchev–Trinajstić information content (AvgIpc) is 2.69. The lowest BCUT2D eigenvalue weighted by Gasteiger charge is -2.39. The van der Waals surface area contributed by atoms with Gasteiger partial charge < -0.3 is 15.0 Å². The topological polar surface area (TPSA) is 67.4 Å². The summed E-state index contributed by atoms with van der Waals surface area (Å²) in [5.41, 5.74) is 0.906. The predicted molar refractivity (Wildman–Crippen MR) is 115 cm³/mol. The van der Waals surface area contributed by atoms with Gasteiger partial charge in [0.2, 0.25) is 0 Å². The lowest BCUT2D eigenvalue weighted by Crippen LogP contribution is -2.54. The molecule has 0 unspecified atom stereocenters. The van der Waals surface area contributed by atoms with Gasteiger partial charge in [-0.05, 0) is 52.3 Å². The molecule has 148 valence electrons. The molecule has 3 aromatic rings. The normalized spacial score (nSPS) is 13.7. The first-order valence-electron chi connectivity index (χ1n) is 8.73. The Morgan fingerprint density at radius 3 is 2.55 bits per heavy atom. The van der Waals surface area contributed by atoms with Gasteiger partial charge in [0.05, 0.1) is 30.0 Å². The molecule has 1 aliphatic heterocycles. The number of aromatic nitrogens is 2. The third-order valence-electron chi connectivity index (χ3n) is 4.33. The van der Waals surface area contributed by atoms with Crippen molar-refractivity contribution in [1.29, 1.82) is 0 Å². The summed E-state index contributed by atoms with van der Waals surface area (Å²) in [6.07, 6.45) is 2.93. The van der Waals surface area contributed by atoms with Crippen LogP contribution in [-0.2, 0) is 0 Å². The van der Waals surface area contributed by atoms with Gasteiger partial charge in [-0.1, -0.05) is 15.9 Å². The minimum Gasteiger partial charge on any atom is -0.485 e. The SMILES string of the molecule is O=C(Nc1ccc(Br)cc1)c1cnc(N2CC(Oc3cc(F)ccc3Br)C2)cn1. The van der Waals surface area contributed by atoms with E-state index in [9.17, 15) is 9.18 Å². The standard InChI is InChI=1S/C20H15Br2FN4O2/c21-12-1-4-14(5-2-12)26-20(28)17-8-25-19(9-24-17)27-10-15(11-27)29-18-7-13(23)3-6-16(18)22/h1-9,15H,10-11H2,(H,26,28). The fourth-order valence-corrected chi connectivity index (χ4v) is 3.38. The van der Waals surface area contributed by atoms with E-state index in [2.05, 4.69) is 47.1 Å². The van der Waals surface area contributed by atoms with Crippen LogP contribution in [0.2, 0.25) is 0 Å². The van der Waals surface area contributed by atoms with Gasteiger partial charge in [-0.25, -0.2) is 14.4 Å². The van der Waals surface area contributed by atoms with Gasteiger partial charge in [0.1, 0.15) is 29.2 Å². The third kappa shape index (κ3) is 4.73. The fraction of sp³-hybridized carbons (Fsp3) is 0.150. The van der Waals surface area contributed by atoms with Crippen molar-refractivity contribution < 1.29 is 13.9 Å². The van der Waals surface area contributed by atoms with E-state index < -0.39 is 0 Å². The van der Waals surface area contributed by atoms with Crippen molar-refractivity contribution in [2.75, 3.05) is 23.3 Å². The van der Waals surface area contributed by atoms with Crippen LogP contribution in [-0.4, -0.2) is 35.1 Å². The Balaban J connectivity index is 1.32. The Hall–Kier alpha value is -2.52. The van der Waals surface area contributed by atoms with Gasteiger partial charge in [0, 0.05) is 16.2 Å². The lowest BCUT2D eigenvalue weighted by molar-refractivity contribution is 0.102. The molecule has 9 heteroatoms. The van der Waals surface area contributed by atoms with E-state index >= 15 is 0 Å². The number of benzene rings is 2. The molecule has 2 heterocycles. The van der Waals surface area contributed by atoms with Gasteiger partial charge >= 0.3 is 0 Å². The number of ether oxygens (including phenoxy) is 1. The van der Waals surface area contributed by atoms with Crippen LogP contribution in [0.15, 0.2) is 63.8 Å². The van der Waals surface area contributed by atoms with E-state index in [4.69, 9.17) is 4.74 Å². The number of hydrogen-bond donors (Lipinski definition) is 1. The Kier molecular flexibility index (Phi) is 5.77. The van der Waals surface area contributed by atoms with E-state index in [1.807, 2.05) is 17.0 Å². The number of nitrogens with zero attached hydrogens (tertiary/aromatic N) is 3. The summed E-state index contributed by atoms with van der Waals surface area (Å²) < 4.78 is 20.8. The lowest BCUT2D eigenvalue weighted by atomic mass is 10.1. The first kappa shape index (κ1) is 19.8. The van der Waals surface area contributed by atoms with Crippen molar-refractivity contribution in [3.05, 3.63) is 75.3 Å². The third-order valence-corrected chi connectivity index (χ3v) is 5.52. The zero-order valence-electron chi connectivity index (χ0n) is 15.0. The summed E-state index contributed by atoms with van der Waals surface area (Å²) in [5, 5.41) is 2.78. The van der Waals surface area contributed by atoms with Gasteiger partial charge in [0.15, 0.2) is 0 Å². The predicted octanol–water partition coefficient (Wildman–Crippen LogP) is 4.66. The van der Waals surface area contributed by atoms with Crippen LogP contribution >= 0.6 is 31.9 Å². The molecule has 0 atom stereocenters. The highest BCUT2D eigenvalue weighted by molar-refractivity contribution is 9.10. The second-order valence-electron chi connectivity index (χ2n) is 6.44. The molecule has 6 nitrogen and oxygen atoms in total. The van der Waals surface area contributed by atoms with Crippen LogP contribution in [0.3, 0.4) is 0 Å². The Bertz CT molecular complexity index is 1030. The van der Waals surface area contributed by atoms with Crippen LogP contribution in [0.4, 0.5) is 15.9 Å². The average molecular weight is 522 g/mol. The maximum absolute atomic E-state index is 13.4. The quantitative estimate of drug-likeness (QED) is 0.529. The number of amides is 1. The number of nitrogens with one attached hydrogen (secondary N) is 1. The fourth-order valence-electron chi connectivity index (χ4n) is 2.78. The van der Waals surface area contributed by atoms with Crippen LogP contribution in [0.1, 0.15) is 10.5 Å². The molecule has 1 aromatic heterocycles. The molecule has 1 N–H and O–H groups in total. The molecule has 1 aliphatic rings. The molecule has 1 amide bonds. The highest BCUT2D eigenvalue weighted by Crippen LogP contribution is 2.29. The number of anilines is 2. The molecule has 0 aliphatic carbocycles. The van der Waals surface area contributed by atoms with E-state index in [1.165, 1.54) is 18.3 Å². The van der Waals surface area contributed by atoms with E-state index in [-0.39, 0.29) is 23.5 Å². The Labute approximate surface area is 183 Å². The number of carbonyl (C=O) groups excluding carboxylic acids is 1. The summed E-state index contributed by atoms with van der Waals surface area (Å²) in [6, 6.07) is 11.6. The van der Waals surface area contributed by atoms with Crippen molar-refractivity contribution >= 4 is 49.3 Å². The molecule has 4 rings (SSSR count). The van der Waals surface area contributed by atoms with Crippen LogP contribution in [0.25, 0.3) is 0 Å². The molecule has 0 spiro atoms. The molecular formula is C20H15Br2FN4O2. The maximum Gasteiger partial charge on any atom is 0.275 e. The van der Waals surface area contributed by atoms with E-state index in [1.54, 1.807) is 24.4 Å². The van der Waals surface area contributed by atoms with E-state index in [0.29, 0.717) is 34.8 Å². The van der Waals surface area contributed by atoms with E-state index in [0.717, 1.165) is 4.47 Å². The van der Waals surface area contributed by atoms with Gasteiger partial charge in [-0.3, -0.25) is 4.79 Å². The van der Waals surface area contributed by atoms with Gasteiger partial charge in [-0.15, -0.1) is 0 Å². The summed E-state index contributed by atoms with van der Waals surface area (Å²) in [7, 11) is 0. The smallest absolute Gasteiger partial charge is 0.275 e. The molecule has 0 radical (unpaired) electrons. The molecule has 1 saturated heterocycles. The monoisotopic (exact) mass is 520 g/mol. The summed E-state index contributed by atoms with van der Waals surface area (Å²) in [5.74, 6) is 0.457. The number of rotatable bonds is 5. The van der Waals surface area contributed by atoms with Crippen molar-refractivity contribution in [3.8, 4) is 5.75 Å². The number of carbonyl (C=O) groups is 1. The Morgan fingerprint density at radius 2 is 1.86 bits per heavy atom. The minimum atomic E-state index is -0.345. The maximum atomic E-state index is 13.4. The van der Waals surface area contributed by atoms with Crippen LogP contribution in [0, 0.1) is 5.82 Å². The summed E-state index contributed by atoms with van der Waals surface area (Å²) in [4.78, 5) is 22.8. The molecule has 1 fully saturated rings. The van der Waals surface area contributed by atoms with Crippen molar-refractivity contribution in [2.45, 2.75) is 6.10 Å². The number of hydrogen-bond acceptors (Lipinski definition) is 5. The number of halogens is 3. The molecule has 2 aromatic carbocycles. The second-order valence-corrected chi connectivity index (χ2v) is 8.21. The molecule has 0 bridgehead atoms. The zero-order valence-corrected chi connectivity index (χ0v) is 18.2. The minimum absolute atomic E-state index is 0.0738. The summed E-state index contributed by atoms with van der Waals surface area (Å²) >= 11 is 6.70. The second kappa shape index (κ2) is 8.46. The molecule has 29 heavy (non-hydrogen) atoms. The van der Waals surface area contributed by atoms with Crippen molar-refractivity contribution in [1.82, 2.24) is 9.97 Å². The van der Waals surface area contributed by atoms with Crippen LogP contribution in [0.5, 0.6) is 5.75 Å². The first-order valence-corrected chi connectivity index (χ1v) is 10.3. The van der Waals surface area contributed by atoms with Gasteiger partial charge in [0.25, 0.3) is 5.91 Å². The summed E-state index contributed by atoms with van der Waals surface area (Å²) in [6.45, 7) is 1.20. The van der Waals surface area contributed by atoms with Crippen LogP contribution < -0.4 is 15.0 Å².